The number of sulfonamides is 1. The minimum atomic E-state index is -3.48. The van der Waals surface area contributed by atoms with Gasteiger partial charge in [0.05, 0.1) is 15.6 Å². The first-order valence-corrected chi connectivity index (χ1v) is 9.87. The first-order valence-electron chi connectivity index (χ1n) is 7.31. The van der Waals surface area contributed by atoms with E-state index in [2.05, 4.69) is 52.4 Å². The lowest BCUT2D eigenvalue weighted by atomic mass is 10.1. The van der Waals surface area contributed by atoms with E-state index in [1.807, 2.05) is 6.07 Å². The fraction of sp³-hybridized carbons (Fsp3) is 0.294. The molecule has 0 amide bonds. The average molecular weight is 445 g/mol. The Hall–Kier alpha value is -1.12. The van der Waals surface area contributed by atoms with E-state index in [9.17, 15) is 8.42 Å². The van der Waals surface area contributed by atoms with E-state index in [-0.39, 0.29) is 4.90 Å². The Labute approximate surface area is 151 Å². The zero-order chi connectivity index (χ0) is 16.9. The number of methoxy groups -OCH3 is 1. The first kappa shape index (κ1) is 18.2. The Kier molecular flexibility index (Phi) is 6.43. The van der Waals surface area contributed by atoms with Crippen molar-refractivity contribution in [2.24, 2.45) is 0 Å². The van der Waals surface area contributed by atoms with Crippen LogP contribution in [0.15, 0.2) is 47.4 Å². The Bertz CT molecular complexity index is 775. The quantitative estimate of drug-likeness (QED) is 0.524. The first-order chi connectivity index (χ1) is 10.9. The van der Waals surface area contributed by atoms with Crippen LogP contribution in [0.3, 0.4) is 0 Å². The number of halogens is 1. The number of nitrogens with one attached hydrogen (secondary N) is 1. The molecule has 2 aromatic carbocycles. The highest BCUT2D eigenvalue weighted by Gasteiger charge is 2.15. The molecule has 0 atom stereocenters. The summed E-state index contributed by atoms with van der Waals surface area (Å²) in [6, 6.07) is 13.1. The van der Waals surface area contributed by atoms with Crippen molar-refractivity contribution in [1.29, 1.82) is 0 Å². The van der Waals surface area contributed by atoms with Gasteiger partial charge in [-0.25, -0.2) is 13.1 Å². The molecule has 23 heavy (non-hydrogen) atoms. The molecule has 0 aliphatic carbocycles. The number of hydrogen-bond donors (Lipinski definition) is 1. The van der Waals surface area contributed by atoms with E-state index >= 15 is 0 Å². The third-order valence-corrected chi connectivity index (χ3v) is 5.75. The maximum absolute atomic E-state index is 12.3. The zero-order valence-corrected chi connectivity index (χ0v) is 16.1. The van der Waals surface area contributed by atoms with Gasteiger partial charge < -0.3 is 4.74 Å². The summed E-state index contributed by atoms with van der Waals surface area (Å²) >= 11 is 2.06. The van der Waals surface area contributed by atoms with Crippen molar-refractivity contribution in [1.82, 2.24) is 4.72 Å². The van der Waals surface area contributed by atoms with Crippen molar-refractivity contribution < 1.29 is 13.2 Å². The Morgan fingerprint density at radius 3 is 2.61 bits per heavy atom. The van der Waals surface area contributed by atoms with Crippen LogP contribution in [-0.4, -0.2) is 22.1 Å². The van der Waals surface area contributed by atoms with Gasteiger partial charge in [0.25, 0.3) is 0 Å². The second kappa shape index (κ2) is 8.12. The number of benzene rings is 2. The molecule has 0 radical (unpaired) electrons. The summed E-state index contributed by atoms with van der Waals surface area (Å²) in [5.41, 5.74) is 2.44. The van der Waals surface area contributed by atoms with Gasteiger partial charge >= 0.3 is 0 Å². The highest BCUT2D eigenvalue weighted by atomic mass is 127. The molecule has 0 unspecified atom stereocenters. The second-order valence-electron chi connectivity index (χ2n) is 5.29. The van der Waals surface area contributed by atoms with Crippen LogP contribution in [0.1, 0.15) is 17.5 Å². The van der Waals surface area contributed by atoms with Gasteiger partial charge in [-0.15, -0.1) is 0 Å². The van der Waals surface area contributed by atoms with Crippen LogP contribution in [-0.2, 0) is 16.4 Å². The number of aryl methyl sites for hydroxylation is 2. The molecule has 124 valence electrons. The molecule has 0 spiro atoms. The van der Waals surface area contributed by atoms with Crippen molar-refractivity contribution in [2.45, 2.75) is 24.7 Å². The number of rotatable bonds is 7. The van der Waals surface area contributed by atoms with Crippen LogP contribution >= 0.6 is 22.6 Å². The van der Waals surface area contributed by atoms with E-state index in [4.69, 9.17) is 4.74 Å². The van der Waals surface area contributed by atoms with Gasteiger partial charge in [-0.2, -0.15) is 0 Å². The van der Waals surface area contributed by atoms with Crippen LogP contribution in [0.4, 0.5) is 0 Å². The van der Waals surface area contributed by atoms with Gasteiger partial charge in [-0.3, -0.25) is 0 Å². The fourth-order valence-electron chi connectivity index (χ4n) is 2.26. The van der Waals surface area contributed by atoms with Crippen LogP contribution < -0.4 is 9.46 Å². The maximum Gasteiger partial charge on any atom is 0.240 e. The molecule has 0 aromatic heterocycles. The third kappa shape index (κ3) is 5.19. The smallest absolute Gasteiger partial charge is 0.240 e. The number of ether oxygens (including phenoxy) is 1. The molecule has 0 saturated carbocycles. The molecule has 0 bridgehead atoms. The molecule has 0 aliphatic heterocycles. The van der Waals surface area contributed by atoms with Crippen molar-refractivity contribution >= 4 is 32.6 Å². The SMILES string of the molecule is COc1ccc(S(=O)(=O)NCCCc2cccc(C)c2)cc1I. The molecule has 2 aromatic rings. The Morgan fingerprint density at radius 2 is 1.96 bits per heavy atom. The van der Waals surface area contributed by atoms with Gasteiger partial charge in [0, 0.05) is 6.54 Å². The molecule has 1 N–H and O–H groups in total. The van der Waals surface area contributed by atoms with Crippen LogP contribution in [0.25, 0.3) is 0 Å². The summed E-state index contributed by atoms with van der Waals surface area (Å²) in [5.74, 6) is 0.670. The largest absolute Gasteiger partial charge is 0.496 e. The summed E-state index contributed by atoms with van der Waals surface area (Å²) in [4.78, 5) is 0.262. The molecular formula is C17H20INO3S. The monoisotopic (exact) mass is 445 g/mol. The predicted octanol–water partition coefficient (Wildman–Crippen LogP) is 3.52. The lowest BCUT2D eigenvalue weighted by Gasteiger charge is -2.09. The van der Waals surface area contributed by atoms with E-state index in [0.717, 1.165) is 16.4 Å². The minimum Gasteiger partial charge on any atom is -0.496 e. The fourth-order valence-corrected chi connectivity index (χ4v) is 4.31. The molecule has 0 fully saturated rings. The van der Waals surface area contributed by atoms with Crippen molar-refractivity contribution in [3.63, 3.8) is 0 Å². The van der Waals surface area contributed by atoms with Gasteiger partial charge in [0.2, 0.25) is 10.0 Å². The average Bonchev–Trinajstić information content (AvgIpc) is 2.51. The van der Waals surface area contributed by atoms with Crippen LogP contribution in [0, 0.1) is 10.5 Å². The molecule has 0 heterocycles. The standard InChI is InChI=1S/C17H20INO3S/c1-13-5-3-6-14(11-13)7-4-10-19-23(20,21)15-8-9-17(22-2)16(18)12-15/h3,5-6,8-9,11-12,19H,4,7,10H2,1-2H3. The molecule has 0 saturated heterocycles. The van der Waals surface area contributed by atoms with Crippen LogP contribution in [0.5, 0.6) is 5.75 Å². The predicted molar refractivity (Wildman–Crippen MR) is 100 cm³/mol. The Morgan fingerprint density at radius 1 is 1.17 bits per heavy atom. The maximum atomic E-state index is 12.3. The summed E-state index contributed by atoms with van der Waals surface area (Å²) in [7, 11) is -1.92. The van der Waals surface area contributed by atoms with Gasteiger partial charge in [0.1, 0.15) is 5.75 Å². The topological polar surface area (TPSA) is 55.4 Å². The molecule has 4 nitrogen and oxygen atoms in total. The highest BCUT2D eigenvalue weighted by Crippen LogP contribution is 2.23. The van der Waals surface area contributed by atoms with Crippen molar-refractivity contribution in [3.05, 3.63) is 57.2 Å². The van der Waals surface area contributed by atoms with E-state index in [1.165, 1.54) is 11.1 Å². The normalized spacial score (nSPS) is 11.4. The van der Waals surface area contributed by atoms with E-state index < -0.39 is 10.0 Å². The summed E-state index contributed by atoms with van der Waals surface area (Å²) < 4.78 is 33.2. The van der Waals surface area contributed by atoms with Gasteiger partial charge in [0.15, 0.2) is 0 Å². The summed E-state index contributed by atoms with van der Waals surface area (Å²) in [5, 5.41) is 0. The summed E-state index contributed by atoms with van der Waals surface area (Å²) in [6.07, 6.45) is 1.61. The van der Waals surface area contributed by atoms with Crippen molar-refractivity contribution in [3.8, 4) is 5.75 Å². The molecule has 2 rings (SSSR count). The van der Waals surface area contributed by atoms with Crippen molar-refractivity contribution in [2.75, 3.05) is 13.7 Å². The van der Waals surface area contributed by atoms with E-state index in [0.29, 0.717) is 12.3 Å². The highest BCUT2D eigenvalue weighted by molar-refractivity contribution is 14.1. The van der Waals surface area contributed by atoms with E-state index in [1.54, 1.807) is 25.3 Å². The van der Waals surface area contributed by atoms with Gasteiger partial charge in [-0.1, -0.05) is 29.8 Å². The Balaban J connectivity index is 1.92. The summed E-state index contributed by atoms with van der Waals surface area (Å²) in [6.45, 7) is 2.47. The van der Waals surface area contributed by atoms with Gasteiger partial charge in [-0.05, 0) is 66.1 Å². The lowest BCUT2D eigenvalue weighted by molar-refractivity contribution is 0.411. The second-order valence-corrected chi connectivity index (χ2v) is 8.22. The zero-order valence-electron chi connectivity index (χ0n) is 13.2. The number of hydrogen-bond acceptors (Lipinski definition) is 3. The molecule has 6 heteroatoms. The van der Waals surface area contributed by atoms with Crippen LogP contribution in [0.2, 0.25) is 0 Å². The molecule has 0 aliphatic rings. The minimum absolute atomic E-state index is 0.262. The molecular weight excluding hydrogens is 425 g/mol. The third-order valence-electron chi connectivity index (χ3n) is 3.45. The lowest BCUT2D eigenvalue weighted by Crippen LogP contribution is -2.25.